The third-order valence-corrected chi connectivity index (χ3v) is 4.45. The van der Waals surface area contributed by atoms with Crippen LogP contribution in [0.5, 0.6) is 5.75 Å². The molecule has 1 heterocycles. The lowest BCUT2D eigenvalue weighted by atomic mass is 10.1. The first-order chi connectivity index (χ1) is 12.1. The number of nitrogens with zero attached hydrogens (tertiary/aromatic N) is 2. The largest absolute Gasteiger partial charge is 0.492 e. The van der Waals surface area contributed by atoms with Crippen LogP contribution in [-0.2, 0) is 0 Å². The van der Waals surface area contributed by atoms with Crippen LogP contribution in [0.15, 0.2) is 48.5 Å². The van der Waals surface area contributed by atoms with Gasteiger partial charge in [-0.05, 0) is 43.3 Å². The third-order valence-electron chi connectivity index (χ3n) is 4.45. The van der Waals surface area contributed by atoms with E-state index in [9.17, 15) is 9.18 Å². The average molecular weight is 342 g/mol. The van der Waals surface area contributed by atoms with Crippen LogP contribution in [0.4, 0.5) is 4.39 Å². The highest BCUT2D eigenvalue weighted by atomic mass is 19.1. The zero-order chi connectivity index (χ0) is 17.6. The van der Waals surface area contributed by atoms with Crippen molar-refractivity contribution >= 4 is 5.91 Å². The predicted molar refractivity (Wildman–Crippen MR) is 95.4 cm³/mol. The van der Waals surface area contributed by atoms with Gasteiger partial charge >= 0.3 is 0 Å². The number of ether oxygens (including phenoxy) is 1. The lowest BCUT2D eigenvalue weighted by molar-refractivity contribution is 0.0620. The monoisotopic (exact) mass is 342 g/mol. The third kappa shape index (κ3) is 4.79. The Kier molecular flexibility index (Phi) is 5.66. The second-order valence-electron chi connectivity index (χ2n) is 6.30. The molecule has 5 heteroatoms. The van der Waals surface area contributed by atoms with E-state index in [0.717, 1.165) is 43.9 Å². The highest BCUT2D eigenvalue weighted by Crippen LogP contribution is 2.12. The minimum absolute atomic E-state index is 0.0993. The Morgan fingerprint density at radius 2 is 1.64 bits per heavy atom. The van der Waals surface area contributed by atoms with Crippen LogP contribution < -0.4 is 4.74 Å². The number of hydrogen-bond acceptors (Lipinski definition) is 3. The van der Waals surface area contributed by atoms with Gasteiger partial charge in [-0.25, -0.2) is 4.39 Å². The summed E-state index contributed by atoms with van der Waals surface area (Å²) in [5.41, 5.74) is 1.90. The van der Waals surface area contributed by atoms with Crippen LogP contribution >= 0.6 is 0 Å². The van der Waals surface area contributed by atoms with Crippen LogP contribution in [0.1, 0.15) is 15.9 Å². The fourth-order valence-corrected chi connectivity index (χ4v) is 2.88. The molecule has 0 radical (unpaired) electrons. The molecule has 2 aromatic rings. The molecule has 1 aliphatic rings. The van der Waals surface area contributed by atoms with E-state index in [1.807, 2.05) is 36.1 Å². The second-order valence-corrected chi connectivity index (χ2v) is 6.30. The number of piperazine rings is 1. The lowest BCUT2D eigenvalue weighted by Gasteiger charge is -2.34. The van der Waals surface area contributed by atoms with E-state index in [0.29, 0.717) is 12.4 Å². The summed E-state index contributed by atoms with van der Waals surface area (Å²) in [5.74, 6) is 0.513. The number of carbonyl (C=O) groups is 1. The molecule has 1 amide bonds. The molecule has 0 bridgehead atoms. The first-order valence-electron chi connectivity index (χ1n) is 8.58. The maximum Gasteiger partial charge on any atom is 0.253 e. The standard InChI is InChI=1S/C20H23FN2O2/c1-16-2-4-17(5-3-16)20(24)23-12-10-22(11-13-23)14-15-25-19-8-6-18(21)7-9-19/h2-9H,10-15H2,1H3. The van der Waals surface area contributed by atoms with Crippen LogP contribution in [-0.4, -0.2) is 55.0 Å². The van der Waals surface area contributed by atoms with Crippen molar-refractivity contribution in [1.82, 2.24) is 9.80 Å². The number of halogens is 1. The highest BCUT2D eigenvalue weighted by Gasteiger charge is 2.21. The van der Waals surface area contributed by atoms with Crippen LogP contribution in [0.25, 0.3) is 0 Å². The summed E-state index contributed by atoms with van der Waals surface area (Å²) in [4.78, 5) is 16.7. The van der Waals surface area contributed by atoms with E-state index in [4.69, 9.17) is 4.74 Å². The minimum Gasteiger partial charge on any atom is -0.492 e. The molecule has 0 aromatic heterocycles. The number of aryl methyl sites for hydroxylation is 1. The van der Waals surface area contributed by atoms with Crippen LogP contribution in [0.2, 0.25) is 0 Å². The molecule has 1 saturated heterocycles. The van der Waals surface area contributed by atoms with Crippen molar-refractivity contribution in [3.8, 4) is 5.75 Å². The summed E-state index contributed by atoms with van der Waals surface area (Å²) in [6.45, 7) is 6.49. The summed E-state index contributed by atoms with van der Waals surface area (Å²) in [6.07, 6.45) is 0. The van der Waals surface area contributed by atoms with Gasteiger partial charge in [-0.3, -0.25) is 9.69 Å². The molecule has 0 spiro atoms. The normalized spacial score (nSPS) is 15.2. The molecule has 25 heavy (non-hydrogen) atoms. The fraction of sp³-hybridized carbons (Fsp3) is 0.350. The second kappa shape index (κ2) is 8.12. The Morgan fingerprint density at radius 3 is 2.28 bits per heavy atom. The van der Waals surface area contributed by atoms with Gasteiger partial charge in [0.1, 0.15) is 18.2 Å². The van der Waals surface area contributed by atoms with E-state index < -0.39 is 0 Å². The van der Waals surface area contributed by atoms with E-state index >= 15 is 0 Å². The molecule has 2 aromatic carbocycles. The Hall–Kier alpha value is -2.40. The van der Waals surface area contributed by atoms with Gasteiger partial charge in [-0.1, -0.05) is 17.7 Å². The smallest absolute Gasteiger partial charge is 0.253 e. The molecule has 0 saturated carbocycles. The Balaban J connectivity index is 1.41. The topological polar surface area (TPSA) is 32.8 Å². The van der Waals surface area contributed by atoms with Gasteiger partial charge < -0.3 is 9.64 Å². The van der Waals surface area contributed by atoms with Gasteiger partial charge in [0.15, 0.2) is 0 Å². The SMILES string of the molecule is Cc1ccc(C(=O)N2CCN(CCOc3ccc(F)cc3)CC2)cc1. The molecule has 1 aliphatic heterocycles. The maximum absolute atomic E-state index is 12.8. The lowest BCUT2D eigenvalue weighted by Crippen LogP contribution is -2.49. The molecule has 4 nitrogen and oxygen atoms in total. The Bertz CT molecular complexity index is 693. The van der Waals surface area contributed by atoms with Crippen LogP contribution in [0, 0.1) is 12.7 Å². The fourth-order valence-electron chi connectivity index (χ4n) is 2.88. The van der Waals surface area contributed by atoms with Crippen molar-refractivity contribution in [1.29, 1.82) is 0 Å². The summed E-state index contributed by atoms with van der Waals surface area (Å²) in [5, 5.41) is 0. The molecule has 0 atom stereocenters. The van der Waals surface area contributed by atoms with Gasteiger partial charge in [0.05, 0.1) is 0 Å². The summed E-state index contributed by atoms with van der Waals surface area (Å²) >= 11 is 0. The van der Waals surface area contributed by atoms with Gasteiger partial charge in [0.25, 0.3) is 5.91 Å². The first-order valence-corrected chi connectivity index (χ1v) is 8.58. The van der Waals surface area contributed by atoms with Crippen molar-refractivity contribution in [3.05, 3.63) is 65.5 Å². The van der Waals surface area contributed by atoms with Gasteiger partial charge in [-0.2, -0.15) is 0 Å². The number of hydrogen-bond donors (Lipinski definition) is 0. The number of amides is 1. The van der Waals surface area contributed by atoms with E-state index in [1.165, 1.54) is 12.1 Å². The van der Waals surface area contributed by atoms with Crippen molar-refractivity contribution in [2.45, 2.75) is 6.92 Å². The Morgan fingerprint density at radius 1 is 1.00 bits per heavy atom. The van der Waals surface area contributed by atoms with Crippen LogP contribution in [0.3, 0.4) is 0 Å². The molecule has 132 valence electrons. The predicted octanol–water partition coefficient (Wildman–Crippen LogP) is 2.97. The summed E-state index contributed by atoms with van der Waals surface area (Å²) in [7, 11) is 0. The zero-order valence-corrected chi connectivity index (χ0v) is 14.5. The van der Waals surface area contributed by atoms with Crippen molar-refractivity contribution in [2.75, 3.05) is 39.3 Å². The average Bonchev–Trinajstić information content (AvgIpc) is 2.64. The molecule has 1 fully saturated rings. The molecule has 0 N–H and O–H groups in total. The summed E-state index contributed by atoms with van der Waals surface area (Å²) in [6, 6.07) is 13.8. The highest BCUT2D eigenvalue weighted by molar-refractivity contribution is 5.94. The maximum atomic E-state index is 12.8. The Labute approximate surface area is 147 Å². The van der Waals surface area contributed by atoms with Crippen molar-refractivity contribution in [3.63, 3.8) is 0 Å². The molecule has 0 aliphatic carbocycles. The van der Waals surface area contributed by atoms with Gasteiger partial charge in [-0.15, -0.1) is 0 Å². The van der Waals surface area contributed by atoms with E-state index in [-0.39, 0.29) is 11.7 Å². The van der Waals surface area contributed by atoms with Crippen molar-refractivity contribution < 1.29 is 13.9 Å². The molecule has 3 rings (SSSR count). The van der Waals surface area contributed by atoms with Gasteiger partial charge in [0, 0.05) is 38.3 Å². The van der Waals surface area contributed by atoms with Crippen molar-refractivity contribution in [2.24, 2.45) is 0 Å². The quantitative estimate of drug-likeness (QED) is 0.837. The van der Waals surface area contributed by atoms with Gasteiger partial charge in [0.2, 0.25) is 0 Å². The molecule has 0 unspecified atom stereocenters. The molecular weight excluding hydrogens is 319 g/mol. The first kappa shape index (κ1) is 17.4. The number of benzene rings is 2. The summed E-state index contributed by atoms with van der Waals surface area (Å²) < 4.78 is 18.5. The number of rotatable bonds is 5. The minimum atomic E-state index is -0.262. The molecular formula is C20H23FN2O2. The zero-order valence-electron chi connectivity index (χ0n) is 14.5. The number of carbonyl (C=O) groups excluding carboxylic acids is 1. The van der Waals surface area contributed by atoms with E-state index in [2.05, 4.69) is 4.90 Å². The van der Waals surface area contributed by atoms with E-state index in [1.54, 1.807) is 12.1 Å².